The summed E-state index contributed by atoms with van der Waals surface area (Å²) in [5.41, 5.74) is 6.62. The summed E-state index contributed by atoms with van der Waals surface area (Å²) in [6, 6.07) is 4.90. The highest BCUT2D eigenvalue weighted by molar-refractivity contribution is 9.10. The topological polar surface area (TPSA) is 83.6 Å². The highest BCUT2D eigenvalue weighted by Gasteiger charge is 2.21. The molecule has 0 heterocycles. The number of hydrogen-bond donors (Lipinski definition) is 2. The molecule has 3 N–H and O–H groups in total. The van der Waals surface area contributed by atoms with E-state index >= 15 is 0 Å². The second-order valence-corrected chi connectivity index (χ2v) is 5.33. The van der Waals surface area contributed by atoms with Crippen molar-refractivity contribution in [1.29, 1.82) is 0 Å². The lowest BCUT2D eigenvalue weighted by atomic mass is 10.1. The molecule has 0 aromatic heterocycles. The van der Waals surface area contributed by atoms with Gasteiger partial charge in [-0.05, 0) is 48.0 Å². The summed E-state index contributed by atoms with van der Waals surface area (Å²) < 4.78 is 0.646. The average molecular weight is 329 g/mol. The predicted octanol–water partition coefficient (Wildman–Crippen LogP) is 2.36. The molecule has 104 valence electrons. The zero-order chi connectivity index (χ0) is 14.6. The number of benzene rings is 1. The van der Waals surface area contributed by atoms with Crippen LogP contribution in [0.5, 0.6) is 0 Å². The maximum Gasteiger partial charge on any atom is 0.305 e. The molecule has 19 heavy (non-hydrogen) atoms. The van der Waals surface area contributed by atoms with Crippen molar-refractivity contribution in [3.63, 3.8) is 0 Å². The molecule has 1 amide bonds. The van der Waals surface area contributed by atoms with Gasteiger partial charge in [-0.3, -0.25) is 9.59 Å². The summed E-state index contributed by atoms with van der Waals surface area (Å²) in [7, 11) is 0. The van der Waals surface area contributed by atoms with Crippen LogP contribution < -0.4 is 5.73 Å². The monoisotopic (exact) mass is 328 g/mol. The van der Waals surface area contributed by atoms with Crippen LogP contribution in [0.25, 0.3) is 0 Å². The molecule has 0 fully saturated rings. The molecule has 0 radical (unpaired) electrons. The fourth-order valence-electron chi connectivity index (χ4n) is 1.67. The normalized spacial score (nSPS) is 10.5. The third kappa shape index (κ3) is 4.24. The molecule has 0 aliphatic carbocycles. The molecule has 0 atom stereocenters. The van der Waals surface area contributed by atoms with Crippen molar-refractivity contribution in [2.75, 3.05) is 12.3 Å². The number of hydrogen-bond acceptors (Lipinski definition) is 3. The van der Waals surface area contributed by atoms with E-state index in [4.69, 9.17) is 10.8 Å². The van der Waals surface area contributed by atoms with E-state index in [2.05, 4.69) is 15.9 Å². The first-order valence-electron chi connectivity index (χ1n) is 5.90. The van der Waals surface area contributed by atoms with Gasteiger partial charge in [-0.1, -0.05) is 0 Å². The molecule has 6 heteroatoms. The van der Waals surface area contributed by atoms with E-state index in [1.165, 1.54) is 4.90 Å². The van der Waals surface area contributed by atoms with Crippen LogP contribution in [-0.4, -0.2) is 34.5 Å². The summed E-state index contributed by atoms with van der Waals surface area (Å²) in [4.78, 5) is 24.6. The van der Waals surface area contributed by atoms with E-state index in [1.807, 2.05) is 13.8 Å². The Morgan fingerprint density at radius 2 is 2.05 bits per heavy atom. The Balaban J connectivity index is 2.99. The van der Waals surface area contributed by atoms with E-state index in [0.717, 1.165) is 0 Å². The quantitative estimate of drug-likeness (QED) is 0.812. The smallest absolute Gasteiger partial charge is 0.305 e. The van der Waals surface area contributed by atoms with Crippen molar-refractivity contribution in [2.45, 2.75) is 26.3 Å². The van der Waals surface area contributed by atoms with Gasteiger partial charge >= 0.3 is 5.97 Å². The first-order valence-corrected chi connectivity index (χ1v) is 6.70. The minimum atomic E-state index is -0.926. The summed E-state index contributed by atoms with van der Waals surface area (Å²) in [6.07, 6.45) is -0.0795. The van der Waals surface area contributed by atoms with Gasteiger partial charge in [0.1, 0.15) is 0 Å². The van der Waals surface area contributed by atoms with Gasteiger partial charge in [0.05, 0.1) is 12.0 Å². The van der Waals surface area contributed by atoms with Crippen LogP contribution in [0.4, 0.5) is 5.69 Å². The van der Waals surface area contributed by atoms with Gasteiger partial charge in [-0.2, -0.15) is 0 Å². The second kappa shape index (κ2) is 6.56. The van der Waals surface area contributed by atoms with Gasteiger partial charge in [-0.25, -0.2) is 0 Å². The van der Waals surface area contributed by atoms with Gasteiger partial charge in [0.2, 0.25) is 0 Å². The number of carboxylic acids is 1. The summed E-state index contributed by atoms with van der Waals surface area (Å²) in [6.45, 7) is 3.87. The molecule has 0 spiro atoms. The third-order valence-corrected chi connectivity index (χ3v) is 3.36. The van der Waals surface area contributed by atoms with Gasteiger partial charge in [0, 0.05) is 22.7 Å². The molecule has 0 unspecified atom stereocenters. The molecule has 1 aromatic rings. The number of rotatable bonds is 5. The minimum absolute atomic E-state index is 0.0795. The maximum atomic E-state index is 12.4. The molecule has 1 aromatic carbocycles. The van der Waals surface area contributed by atoms with Crippen molar-refractivity contribution in [3.8, 4) is 0 Å². The van der Waals surface area contributed by atoms with Crippen LogP contribution in [0.1, 0.15) is 30.6 Å². The van der Waals surface area contributed by atoms with E-state index in [-0.39, 0.29) is 24.9 Å². The maximum absolute atomic E-state index is 12.4. The number of amides is 1. The number of nitrogen functional groups attached to an aromatic ring is 1. The Kier molecular flexibility index (Phi) is 5.35. The Labute approximate surface area is 120 Å². The molecule has 0 aliphatic rings. The fraction of sp³-hybridized carbons (Fsp3) is 0.385. The lowest BCUT2D eigenvalue weighted by Gasteiger charge is -2.26. The fourth-order valence-corrected chi connectivity index (χ4v) is 2.09. The molecule has 0 aliphatic heterocycles. The van der Waals surface area contributed by atoms with Crippen LogP contribution in [-0.2, 0) is 4.79 Å². The molecule has 5 nitrogen and oxygen atoms in total. The standard InChI is InChI=1S/C13H17BrN2O3/c1-8(2)16(6-5-12(17)18)13(19)10-7-9(15)3-4-11(10)14/h3-4,7-8H,5-6,15H2,1-2H3,(H,17,18). The average Bonchev–Trinajstić information content (AvgIpc) is 2.31. The SMILES string of the molecule is CC(C)N(CCC(=O)O)C(=O)c1cc(N)ccc1Br. The number of carbonyl (C=O) groups excluding carboxylic acids is 1. The summed E-state index contributed by atoms with van der Waals surface area (Å²) in [5.74, 6) is -1.15. The molecule has 0 saturated carbocycles. The molecule has 1 rings (SSSR count). The van der Waals surface area contributed by atoms with Crippen molar-refractivity contribution in [3.05, 3.63) is 28.2 Å². The summed E-state index contributed by atoms with van der Waals surface area (Å²) in [5, 5.41) is 8.73. The number of anilines is 1. The number of nitrogens with two attached hydrogens (primary N) is 1. The first kappa shape index (κ1) is 15.5. The number of carboxylic acid groups (broad SMARTS) is 1. The van der Waals surface area contributed by atoms with Gasteiger partial charge in [-0.15, -0.1) is 0 Å². The Morgan fingerprint density at radius 3 is 2.58 bits per heavy atom. The van der Waals surface area contributed by atoms with Gasteiger partial charge in [0.15, 0.2) is 0 Å². The van der Waals surface area contributed by atoms with Crippen LogP contribution in [0.2, 0.25) is 0 Å². The highest BCUT2D eigenvalue weighted by Crippen LogP contribution is 2.22. The van der Waals surface area contributed by atoms with E-state index in [9.17, 15) is 9.59 Å². The number of aliphatic carboxylic acids is 1. The largest absolute Gasteiger partial charge is 0.481 e. The zero-order valence-electron chi connectivity index (χ0n) is 10.9. The van der Waals surface area contributed by atoms with Crippen LogP contribution in [0.3, 0.4) is 0 Å². The number of nitrogens with zero attached hydrogens (tertiary/aromatic N) is 1. The number of halogens is 1. The van der Waals surface area contributed by atoms with E-state index in [0.29, 0.717) is 15.7 Å². The van der Waals surface area contributed by atoms with Crippen LogP contribution in [0.15, 0.2) is 22.7 Å². The highest BCUT2D eigenvalue weighted by atomic mass is 79.9. The van der Waals surface area contributed by atoms with Crippen LogP contribution >= 0.6 is 15.9 Å². The Morgan fingerprint density at radius 1 is 1.42 bits per heavy atom. The van der Waals surface area contributed by atoms with Gasteiger partial charge in [0.25, 0.3) is 5.91 Å². The Hall–Kier alpha value is -1.56. The van der Waals surface area contributed by atoms with Crippen LogP contribution in [0, 0.1) is 0 Å². The Bertz CT molecular complexity index is 489. The summed E-state index contributed by atoms with van der Waals surface area (Å²) >= 11 is 3.31. The molecule has 0 saturated heterocycles. The van der Waals surface area contributed by atoms with Crippen molar-refractivity contribution in [1.82, 2.24) is 4.90 Å². The molecular weight excluding hydrogens is 312 g/mol. The minimum Gasteiger partial charge on any atom is -0.481 e. The van der Waals surface area contributed by atoms with Crippen molar-refractivity contribution < 1.29 is 14.7 Å². The van der Waals surface area contributed by atoms with Crippen molar-refractivity contribution >= 4 is 33.5 Å². The third-order valence-electron chi connectivity index (χ3n) is 2.67. The molecule has 0 bridgehead atoms. The zero-order valence-corrected chi connectivity index (χ0v) is 12.5. The van der Waals surface area contributed by atoms with Gasteiger partial charge < -0.3 is 15.7 Å². The van der Waals surface area contributed by atoms with Crippen molar-refractivity contribution in [2.24, 2.45) is 0 Å². The number of carbonyl (C=O) groups is 2. The predicted molar refractivity (Wildman–Crippen MR) is 77.0 cm³/mol. The lowest BCUT2D eigenvalue weighted by Crippen LogP contribution is -2.38. The lowest BCUT2D eigenvalue weighted by molar-refractivity contribution is -0.137. The van der Waals surface area contributed by atoms with E-state index in [1.54, 1.807) is 18.2 Å². The second-order valence-electron chi connectivity index (χ2n) is 4.48. The first-order chi connectivity index (χ1) is 8.82. The van der Waals surface area contributed by atoms with E-state index < -0.39 is 5.97 Å². The molecular formula is C13H17BrN2O3.